The fourth-order valence-corrected chi connectivity index (χ4v) is 4.16. The van der Waals surface area contributed by atoms with E-state index in [1.165, 1.54) is 19.1 Å². The van der Waals surface area contributed by atoms with Crippen LogP contribution in [0.2, 0.25) is 0 Å². The predicted octanol–water partition coefficient (Wildman–Crippen LogP) is 3.28. The first-order chi connectivity index (χ1) is 15.1. The highest BCUT2D eigenvalue weighted by Gasteiger charge is 2.36. The van der Waals surface area contributed by atoms with E-state index in [0.717, 1.165) is 23.4 Å². The normalized spacial score (nSPS) is 18.1. The Hall–Kier alpha value is -3.36. The number of nitrogens with one attached hydrogen (secondary N) is 1. The molecule has 0 spiro atoms. The molecular formula is C23H22F3N3O3. The highest BCUT2D eigenvalue weighted by Crippen LogP contribution is 2.34. The van der Waals surface area contributed by atoms with E-state index in [0.29, 0.717) is 24.2 Å². The molecule has 1 saturated heterocycles. The Morgan fingerprint density at radius 2 is 1.84 bits per heavy atom. The molecule has 6 nitrogen and oxygen atoms in total. The first-order valence-corrected chi connectivity index (χ1v) is 10.3. The summed E-state index contributed by atoms with van der Waals surface area (Å²) in [5, 5.41) is 2.71. The monoisotopic (exact) mass is 445 g/mol. The fourth-order valence-electron chi connectivity index (χ4n) is 4.16. The van der Waals surface area contributed by atoms with Crippen molar-refractivity contribution >= 4 is 29.1 Å². The lowest BCUT2D eigenvalue weighted by Gasteiger charge is -2.19. The van der Waals surface area contributed by atoms with Crippen molar-refractivity contribution in [1.29, 1.82) is 0 Å². The Morgan fingerprint density at radius 3 is 2.50 bits per heavy atom. The number of hydrogen-bond acceptors (Lipinski definition) is 3. The maximum absolute atomic E-state index is 12.7. The summed E-state index contributed by atoms with van der Waals surface area (Å²) < 4.78 is 38.0. The van der Waals surface area contributed by atoms with Gasteiger partial charge in [-0.25, -0.2) is 0 Å². The Morgan fingerprint density at radius 1 is 1.12 bits per heavy atom. The Labute approximate surface area is 183 Å². The van der Waals surface area contributed by atoms with E-state index in [9.17, 15) is 27.6 Å². The van der Waals surface area contributed by atoms with Crippen molar-refractivity contribution in [2.75, 3.05) is 22.9 Å². The molecule has 4 rings (SSSR count). The first-order valence-electron chi connectivity index (χ1n) is 10.3. The molecule has 32 heavy (non-hydrogen) atoms. The van der Waals surface area contributed by atoms with Crippen molar-refractivity contribution in [2.45, 2.75) is 32.5 Å². The van der Waals surface area contributed by atoms with Crippen molar-refractivity contribution in [3.63, 3.8) is 0 Å². The number of nitrogens with zero attached hydrogens (tertiary/aromatic N) is 2. The number of carbonyl (C=O) groups excluding carboxylic acids is 3. The molecule has 0 aromatic heterocycles. The second-order valence-corrected chi connectivity index (χ2v) is 8.05. The van der Waals surface area contributed by atoms with Gasteiger partial charge in [0.25, 0.3) is 0 Å². The molecule has 2 aliphatic rings. The van der Waals surface area contributed by atoms with E-state index in [-0.39, 0.29) is 37.2 Å². The van der Waals surface area contributed by atoms with Crippen molar-refractivity contribution in [3.05, 3.63) is 59.2 Å². The summed E-state index contributed by atoms with van der Waals surface area (Å²) in [6, 6.07) is 10.1. The van der Waals surface area contributed by atoms with E-state index in [1.807, 2.05) is 12.1 Å². The lowest BCUT2D eigenvalue weighted by Crippen LogP contribution is -2.32. The molecule has 2 aromatic carbocycles. The van der Waals surface area contributed by atoms with Crippen LogP contribution in [0.25, 0.3) is 0 Å². The van der Waals surface area contributed by atoms with E-state index >= 15 is 0 Å². The topological polar surface area (TPSA) is 69.7 Å². The average Bonchev–Trinajstić information content (AvgIpc) is 3.34. The Bertz CT molecular complexity index is 1070. The maximum Gasteiger partial charge on any atom is 0.416 e. The van der Waals surface area contributed by atoms with Crippen LogP contribution in [0, 0.1) is 5.92 Å². The summed E-state index contributed by atoms with van der Waals surface area (Å²) in [6.45, 7) is 2.44. The van der Waals surface area contributed by atoms with Gasteiger partial charge in [0, 0.05) is 44.4 Å². The van der Waals surface area contributed by atoms with E-state index < -0.39 is 17.7 Å². The zero-order valence-electron chi connectivity index (χ0n) is 17.4. The zero-order valence-corrected chi connectivity index (χ0v) is 17.4. The third kappa shape index (κ3) is 4.32. The highest BCUT2D eigenvalue weighted by atomic mass is 19.4. The van der Waals surface area contributed by atoms with Crippen molar-refractivity contribution in [1.82, 2.24) is 5.32 Å². The van der Waals surface area contributed by atoms with Gasteiger partial charge in [0.15, 0.2) is 0 Å². The Balaban J connectivity index is 1.37. The van der Waals surface area contributed by atoms with Crippen molar-refractivity contribution in [2.24, 2.45) is 5.92 Å². The first kappa shape index (κ1) is 21.9. The van der Waals surface area contributed by atoms with Gasteiger partial charge in [-0.15, -0.1) is 0 Å². The largest absolute Gasteiger partial charge is 0.416 e. The van der Waals surface area contributed by atoms with Crippen LogP contribution < -0.4 is 15.1 Å². The lowest BCUT2D eigenvalue weighted by molar-refractivity contribution is -0.137. The van der Waals surface area contributed by atoms with Gasteiger partial charge in [-0.3, -0.25) is 14.4 Å². The molecular weight excluding hydrogens is 423 g/mol. The van der Waals surface area contributed by atoms with Crippen molar-refractivity contribution < 1.29 is 27.6 Å². The summed E-state index contributed by atoms with van der Waals surface area (Å²) in [4.78, 5) is 40.1. The molecule has 2 heterocycles. The maximum atomic E-state index is 12.7. The average molecular weight is 445 g/mol. The second-order valence-electron chi connectivity index (χ2n) is 8.05. The smallest absolute Gasteiger partial charge is 0.352 e. The summed E-state index contributed by atoms with van der Waals surface area (Å²) in [5.41, 5.74) is 2.32. The second kappa shape index (κ2) is 8.29. The molecule has 1 N–H and O–H groups in total. The van der Waals surface area contributed by atoms with E-state index in [4.69, 9.17) is 0 Å². The Kier molecular flexibility index (Phi) is 5.66. The van der Waals surface area contributed by atoms with Gasteiger partial charge in [0.2, 0.25) is 17.7 Å². The molecule has 2 aliphatic heterocycles. The summed E-state index contributed by atoms with van der Waals surface area (Å²) in [6.07, 6.45) is -3.63. The number of carbonyl (C=O) groups is 3. The number of fused-ring (bicyclic) bond motifs is 1. The fraction of sp³-hybridized carbons (Fsp3) is 0.348. The molecule has 0 radical (unpaired) electrons. The van der Waals surface area contributed by atoms with Crippen LogP contribution >= 0.6 is 0 Å². The summed E-state index contributed by atoms with van der Waals surface area (Å²) >= 11 is 0. The van der Waals surface area contributed by atoms with Gasteiger partial charge >= 0.3 is 6.18 Å². The van der Waals surface area contributed by atoms with Crippen LogP contribution in [0.15, 0.2) is 42.5 Å². The standard InChI is InChI=1S/C23H22F3N3O3/c1-14(30)28-9-8-16-10-19(6-7-20(16)28)29-13-17(11-21(29)31)22(32)27-12-15-2-4-18(5-3-15)23(24,25)26/h2-7,10,17H,8-9,11-13H2,1H3,(H,27,32)/t17-/m1/s1. The molecule has 0 bridgehead atoms. The number of halogens is 3. The van der Waals surface area contributed by atoms with Crippen LogP contribution in [0.4, 0.5) is 24.5 Å². The van der Waals surface area contributed by atoms with Crippen LogP contribution in [0.5, 0.6) is 0 Å². The van der Waals surface area contributed by atoms with Crippen molar-refractivity contribution in [3.8, 4) is 0 Å². The van der Waals surface area contributed by atoms with Crippen LogP contribution in [0.3, 0.4) is 0 Å². The summed E-state index contributed by atoms with van der Waals surface area (Å²) in [7, 11) is 0. The number of hydrogen-bond donors (Lipinski definition) is 1. The van der Waals surface area contributed by atoms with Gasteiger partial charge in [-0.05, 0) is 47.9 Å². The molecule has 9 heteroatoms. The van der Waals surface area contributed by atoms with Gasteiger partial charge in [0.1, 0.15) is 0 Å². The minimum Gasteiger partial charge on any atom is -0.352 e. The minimum absolute atomic E-state index is 0.0291. The molecule has 0 aliphatic carbocycles. The minimum atomic E-state index is -4.41. The summed E-state index contributed by atoms with van der Waals surface area (Å²) in [5.74, 6) is -1.05. The van der Waals surface area contributed by atoms with E-state index in [1.54, 1.807) is 15.9 Å². The van der Waals surface area contributed by atoms with Crippen LogP contribution in [-0.2, 0) is 33.5 Å². The van der Waals surface area contributed by atoms with Crippen LogP contribution in [-0.4, -0.2) is 30.8 Å². The van der Waals surface area contributed by atoms with Gasteiger partial charge in [-0.2, -0.15) is 13.2 Å². The third-order valence-corrected chi connectivity index (χ3v) is 5.89. The van der Waals surface area contributed by atoms with Gasteiger partial charge < -0.3 is 15.1 Å². The highest BCUT2D eigenvalue weighted by molar-refractivity contribution is 6.01. The number of benzene rings is 2. The SMILES string of the molecule is CC(=O)N1CCc2cc(N3C[C@H](C(=O)NCc4ccc(C(F)(F)F)cc4)CC3=O)ccc21. The molecule has 168 valence electrons. The number of amides is 3. The molecule has 2 aromatic rings. The lowest BCUT2D eigenvalue weighted by atomic mass is 10.1. The number of alkyl halides is 3. The number of rotatable bonds is 4. The van der Waals surface area contributed by atoms with Gasteiger partial charge in [-0.1, -0.05) is 12.1 Å². The number of anilines is 2. The predicted molar refractivity (Wildman–Crippen MR) is 112 cm³/mol. The molecule has 0 unspecified atom stereocenters. The molecule has 3 amide bonds. The van der Waals surface area contributed by atoms with E-state index in [2.05, 4.69) is 5.32 Å². The molecule has 1 fully saturated rings. The third-order valence-electron chi connectivity index (χ3n) is 5.89. The quantitative estimate of drug-likeness (QED) is 0.785. The van der Waals surface area contributed by atoms with Gasteiger partial charge in [0.05, 0.1) is 11.5 Å². The molecule has 0 saturated carbocycles. The molecule has 1 atom stereocenters. The van der Waals surface area contributed by atoms with Crippen LogP contribution in [0.1, 0.15) is 30.0 Å². The zero-order chi connectivity index (χ0) is 23.0.